The molecule has 1 atom stereocenters. The van der Waals surface area contributed by atoms with Crippen LogP contribution < -0.4 is 5.73 Å². The van der Waals surface area contributed by atoms with Gasteiger partial charge in [-0.3, -0.25) is 4.79 Å². The van der Waals surface area contributed by atoms with E-state index in [0.29, 0.717) is 13.0 Å². The average molecular weight is 214 g/mol. The Balaban J connectivity index is 2.63. The first-order valence-corrected chi connectivity index (χ1v) is 5.12. The van der Waals surface area contributed by atoms with Crippen LogP contribution in [-0.2, 0) is 9.59 Å². The Kier molecular flexibility index (Phi) is 3.34. The molecule has 1 amide bonds. The summed E-state index contributed by atoms with van der Waals surface area (Å²) in [4.78, 5) is 24.0. The van der Waals surface area contributed by atoms with Gasteiger partial charge in [0, 0.05) is 18.5 Å². The second kappa shape index (κ2) is 4.18. The summed E-state index contributed by atoms with van der Waals surface area (Å²) >= 11 is 0. The van der Waals surface area contributed by atoms with Crippen molar-refractivity contribution in [1.82, 2.24) is 4.90 Å². The summed E-state index contributed by atoms with van der Waals surface area (Å²) in [7, 11) is 0. The second-order valence-corrected chi connectivity index (χ2v) is 4.75. The molecule has 1 heterocycles. The number of carboxylic acids is 1. The van der Waals surface area contributed by atoms with E-state index >= 15 is 0 Å². The van der Waals surface area contributed by atoms with Gasteiger partial charge < -0.3 is 15.7 Å². The van der Waals surface area contributed by atoms with Gasteiger partial charge in [0.25, 0.3) is 0 Å². The Morgan fingerprint density at radius 2 is 2.13 bits per heavy atom. The maximum Gasteiger partial charge on any atom is 0.326 e. The number of nitrogens with two attached hydrogens (primary N) is 1. The third-order valence-corrected chi connectivity index (χ3v) is 2.47. The summed E-state index contributed by atoms with van der Waals surface area (Å²) in [6.07, 6.45) is 1.50. The van der Waals surface area contributed by atoms with E-state index in [4.69, 9.17) is 10.8 Å². The fourth-order valence-electron chi connectivity index (χ4n) is 1.81. The predicted molar refractivity (Wildman–Crippen MR) is 55.3 cm³/mol. The minimum atomic E-state index is -0.921. The van der Waals surface area contributed by atoms with E-state index < -0.39 is 17.6 Å². The van der Waals surface area contributed by atoms with Crippen LogP contribution in [0.5, 0.6) is 0 Å². The lowest BCUT2D eigenvalue weighted by atomic mass is 10.0. The lowest BCUT2D eigenvalue weighted by Gasteiger charge is -2.25. The zero-order chi connectivity index (χ0) is 11.6. The third kappa shape index (κ3) is 3.20. The molecular weight excluding hydrogens is 196 g/mol. The molecule has 0 saturated carbocycles. The molecule has 1 aliphatic heterocycles. The highest BCUT2D eigenvalue weighted by molar-refractivity contribution is 5.84. The molecule has 1 aliphatic rings. The minimum Gasteiger partial charge on any atom is -0.480 e. The van der Waals surface area contributed by atoms with E-state index in [2.05, 4.69) is 0 Å². The number of rotatable bonds is 3. The number of amides is 1. The quantitative estimate of drug-likeness (QED) is 0.702. The minimum absolute atomic E-state index is 0.160. The van der Waals surface area contributed by atoms with Crippen LogP contribution in [0.1, 0.15) is 33.1 Å². The second-order valence-electron chi connectivity index (χ2n) is 4.75. The van der Waals surface area contributed by atoms with Crippen LogP contribution >= 0.6 is 0 Å². The molecule has 0 aromatic rings. The van der Waals surface area contributed by atoms with Crippen molar-refractivity contribution >= 4 is 11.9 Å². The highest BCUT2D eigenvalue weighted by Crippen LogP contribution is 2.20. The Morgan fingerprint density at radius 1 is 1.53 bits per heavy atom. The lowest BCUT2D eigenvalue weighted by molar-refractivity contribution is -0.148. The highest BCUT2D eigenvalue weighted by Gasteiger charge is 2.35. The van der Waals surface area contributed by atoms with Crippen molar-refractivity contribution in [3.8, 4) is 0 Å². The number of likely N-dealkylation sites (tertiary alicyclic amines) is 1. The predicted octanol–water partition coefficient (Wildman–Crippen LogP) is 0.189. The molecule has 0 bridgehead atoms. The molecule has 5 nitrogen and oxygen atoms in total. The zero-order valence-corrected chi connectivity index (χ0v) is 9.19. The number of nitrogens with zero attached hydrogens (tertiary/aromatic N) is 1. The molecule has 3 N–H and O–H groups in total. The van der Waals surface area contributed by atoms with Gasteiger partial charge in [-0.25, -0.2) is 4.79 Å². The maximum atomic E-state index is 11.8. The van der Waals surface area contributed by atoms with E-state index in [1.807, 2.05) is 0 Å². The molecule has 15 heavy (non-hydrogen) atoms. The summed E-state index contributed by atoms with van der Waals surface area (Å²) < 4.78 is 0. The lowest BCUT2D eigenvalue weighted by Crippen LogP contribution is -2.45. The van der Waals surface area contributed by atoms with Crippen molar-refractivity contribution in [3.63, 3.8) is 0 Å². The number of carbonyl (C=O) groups excluding carboxylic acids is 1. The van der Waals surface area contributed by atoms with Crippen molar-refractivity contribution in [2.45, 2.75) is 44.7 Å². The normalized spacial score (nSPS) is 21.8. The van der Waals surface area contributed by atoms with Crippen LogP contribution in [0, 0.1) is 0 Å². The molecule has 0 aromatic heterocycles. The number of aliphatic carboxylic acids is 1. The van der Waals surface area contributed by atoms with E-state index in [9.17, 15) is 9.59 Å². The largest absolute Gasteiger partial charge is 0.480 e. The molecule has 86 valence electrons. The van der Waals surface area contributed by atoms with Crippen molar-refractivity contribution in [2.24, 2.45) is 5.73 Å². The Bertz CT molecular complexity index is 270. The van der Waals surface area contributed by atoms with Gasteiger partial charge in [0.05, 0.1) is 0 Å². The third-order valence-electron chi connectivity index (χ3n) is 2.47. The van der Waals surface area contributed by atoms with Crippen LogP contribution in [0.25, 0.3) is 0 Å². The molecule has 0 unspecified atom stereocenters. The van der Waals surface area contributed by atoms with Crippen molar-refractivity contribution in [1.29, 1.82) is 0 Å². The van der Waals surface area contributed by atoms with Crippen molar-refractivity contribution in [2.75, 3.05) is 6.54 Å². The first-order chi connectivity index (χ1) is 6.81. The number of carboxylic acid groups (broad SMARTS) is 1. The fourth-order valence-corrected chi connectivity index (χ4v) is 1.81. The highest BCUT2D eigenvalue weighted by atomic mass is 16.4. The number of hydrogen-bond acceptors (Lipinski definition) is 3. The topological polar surface area (TPSA) is 83.6 Å². The number of hydrogen-bond donors (Lipinski definition) is 2. The van der Waals surface area contributed by atoms with E-state index in [0.717, 1.165) is 6.42 Å². The van der Waals surface area contributed by atoms with Gasteiger partial charge in [-0.2, -0.15) is 0 Å². The summed E-state index contributed by atoms with van der Waals surface area (Å²) in [6.45, 7) is 4.05. The van der Waals surface area contributed by atoms with Gasteiger partial charge >= 0.3 is 5.97 Å². The molecule has 1 rings (SSSR count). The Hall–Kier alpha value is -1.10. The molecule has 0 aliphatic carbocycles. The number of carbonyl (C=O) groups is 2. The van der Waals surface area contributed by atoms with Gasteiger partial charge in [-0.1, -0.05) is 0 Å². The van der Waals surface area contributed by atoms with Gasteiger partial charge in [0.2, 0.25) is 5.91 Å². The monoisotopic (exact) mass is 214 g/mol. The summed E-state index contributed by atoms with van der Waals surface area (Å²) in [5.74, 6) is -1.08. The SMILES string of the molecule is CC(C)(N)CC(=O)N1CCC[C@@H]1C(=O)O. The van der Waals surface area contributed by atoms with Crippen LogP contribution in [-0.4, -0.2) is 40.0 Å². The average Bonchev–Trinajstić information content (AvgIpc) is 2.47. The standard InChI is InChI=1S/C10H18N2O3/c1-10(2,11)6-8(13)12-5-3-4-7(12)9(14)15/h7H,3-6,11H2,1-2H3,(H,14,15)/t7-/m1/s1. The molecule has 1 fully saturated rings. The Morgan fingerprint density at radius 3 is 2.60 bits per heavy atom. The molecule has 5 heteroatoms. The van der Waals surface area contributed by atoms with E-state index in [1.54, 1.807) is 13.8 Å². The molecular formula is C10H18N2O3. The van der Waals surface area contributed by atoms with Crippen LogP contribution in [0.15, 0.2) is 0 Å². The molecule has 0 radical (unpaired) electrons. The van der Waals surface area contributed by atoms with Crippen LogP contribution in [0.2, 0.25) is 0 Å². The van der Waals surface area contributed by atoms with Gasteiger partial charge in [-0.15, -0.1) is 0 Å². The van der Waals surface area contributed by atoms with E-state index in [-0.39, 0.29) is 12.3 Å². The first-order valence-electron chi connectivity index (χ1n) is 5.12. The van der Waals surface area contributed by atoms with Crippen LogP contribution in [0.3, 0.4) is 0 Å². The van der Waals surface area contributed by atoms with Gasteiger partial charge in [0.1, 0.15) is 6.04 Å². The first kappa shape index (κ1) is 12.0. The maximum absolute atomic E-state index is 11.8. The zero-order valence-electron chi connectivity index (χ0n) is 9.19. The molecule has 0 aromatic carbocycles. The van der Waals surface area contributed by atoms with Crippen molar-refractivity contribution < 1.29 is 14.7 Å². The molecule has 0 spiro atoms. The Labute approximate surface area is 89.2 Å². The fraction of sp³-hybridized carbons (Fsp3) is 0.800. The summed E-state index contributed by atoms with van der Waals surface area (Å²) in [6, 6.07) is -0.653. The smallest absolute Gasteiger partial charge is 0.326 e. The summed E-state index contributed by atoms with van der Waals surface area (Å²) in [5, 5.41) is 8.91. The summed E-state index contributed by atoms with van der Waals surface area (Å²) in [5.41, 5.74) is 5.15. The van der Waals surface area contributed by atoms with Gasteiger partial charge in [-0.05, 0) is 26.7 Å². The van der Waals surface area contributed by atoms with E-state index in [1.165, 1.54) is 4.90 Å². The van der Waals surface area contributed by atoms with Crippen LogP contribution in [0.4, 0.5) is 0 Å². The van der Waals surface area contributed by atoms with Gasteiger partial charge in [0.15, 0.2) is 0 Å². The molecule has 1 saturated heterocycles. The van der Waals surface area contributed by atoms with Crippen molar-refractivity contribution in [3.05, 3.63) is 0 Å².